The zero-order valence-electron chi connectivity index (χ0n) is 13.1. The van der Waals surface area contributed by atoms with E-state index in [1.807, 2.05) is 54.6 Å². The number of hydrogen-bond acceptors (Lipinski definition) is 2. The van der Waals surface area contributed by atoms with Crippen LogP contribution >= 0.6 is 0 Å². The van der Waals surface area contributed by atoms with Crippen LogP contribution in [0.25, 0.3) is 16.9 Å². The van der Waals surface area contributed by atoms with E-state index in [9.17, 15) is 9.59 Å². The van der Waals surface area contributed by atoms with Gasteiger partial charge in [-0.3, -0.25) is 9.59 Å². The van der Waals surface area contributed by atoms with Gasteiger partial charge in [0.15, 0.2) is 11.6 Å². The van der Waals surface area contributed by atoms with Crippen LogP contribution in [0.2, 0.25) is 0 Å². The van der Waals surface area contributed by atoms with Crippen LogP contribution in [-0.2, 0) is 6.42 Å². The third-order valence-electron chi connectivity index (χ3n) is 5.03. The molecule has 2 aliphatic rings. The monoisotopic (exact) mass is 313 g/mol. The molecule has 0 bridgehead atoms. The van der Waals surface area contributed by atoms with Gasteiger partial charge in [-0.1, -0.05) is 42.5 Å². The minimum absolute atomic E-state index is 0.0122. The first-order chi connectivity index (χ1) is 11.8. The molecule has 0 saturated heterocycles. The summed E-state index contributed by atoms with van der Waals surface area (Å²) in [6, 6.07) is 17.7. The zero-order valence-corrected chi connectivity index (χ0v) is 13.1. The summed E-state index contributed by atoms with van der Waals surface area (Å²) in [4.78, 5) is 25.6. The fourth-order valence-corrected chi connectivity index (χ4v) is 4.06. The minimum atomic E-state index is -0.0122. The Hall–Kier alpha value is -2.94. The Morgan fingerprint density at radius 3 is 2.25 bits per heavy atom. The van der Waals surface area contributed by atoms with Crippen LogP contribution in [0.1, 0.15) is 44.8 Å². The quantitative estimate of drug-likeness (QED) is 0.528. The number of benzene rings is 2. The molecule has 116 valence electrons. The first-order valence-corrected chi connectivity index (χ1v) is 8.27. The average Bonchev–Trinajstić information content (AvgIpc) is 3.11. The number of aromatic nitrogens is 1. The molecule has 1 heterocycles. The molecule has 1 aromatic heterocycles. The number of carbonyl (C=O) groups excluding carboxylic acids is 2. The Kier molecular flexibility index (Phi) is 2.69. The standard InChI is InChI=1S/C21H15NO2/c23-17-12-6-11-16-18(17)19-20(22(16)13-7-2-1-3-8-13)14-9-4-5-10-15(14)21(19)24/h1-5,7-10H,6,11-12H2. The van der Waals surface area contributed by atoms with Crippen LogP contribution < -0.4 is 0 Å². The Morgan fingerprint density at radius 2 is 1.46 bits per heavy atom. The maximum atomic E-state index is 13.0. The van der Waals surface area contributed by atoms with E-state index in [4.69, 9.17) is 0 Å². The highest BCUT2D eigenvalue weighted by molar-refractivity contribution is 6.26. The summed E-state index contributed by atoms with van der Waals surface area (Å²) in [5.41, 5.74) is 5.79. The van der Waals surface area contributed by atoms with Gasteiger partial charge in [-0.05, 0) is 25.0 Å². The van der Waals surface area contributed by atoms with E-state index < -0.39 is 0 Å². The van der Waals surface area contributed by atoms with Crippen LogP contribution in [0.15, 0.2) is 54.6 Å². The van der Waals surface area contributed by atoms with Gasteiger partial charge in [0.2, 0.25) is 0 Å². The van der Waals surface area contributed by atoms with Crippen molar-refractivity contribution in [3.05, 3.63) is 77.0 Å². The smallest absolute Gasteiger partial charge is 0.196 e. The Bertz CT molecular complexity index is 1010. The number of hydrogen-bond donors (Lipinski definition) is 0. The number of para-hydroxylation sites is 1. The maximum absolute atomic E-state index is 13.0. The van der Waals surface area contributed by atoms with Crippen molar-refractivity contribution in [1.29, 1.82) is 0 Å². The molecule has 0 spiro atoms. The predicted molar refractivity (Wildman–Crippen MR) is 91.9 cm³/mol. The van der Waals surface area contributed by atoms with E-state index in [2.05, 4.69) is 4.57 Å². The van der Waals surface area contributed by atoms with Crippen LogP contribution in [-0.4, -0.2) is 16.1 Å². The van der Waals surface area contributed by atoms with E-state index in [0.717, 1.165) is 35.5 Å². The highest BCUT2D eigenvalue weighted by Crippen LogP contribution is 2.44. The average molecular weight is 313 g/mol. The van der Waals surface area contributed by atoms with Crippen molar-refractivity contribution in [3.63, 3.8) is 0 Å². The van der Waals surface area contributed by atoms with E-state index in [1.54, 1.807) is 0 Å². The molecule has 0 aliphatic heterocycles. The van der Waals surface area contributed by atoms with Crippen molar-refractivity contribution in [1.82, 2.24) is 4.57 Å². The maximum Gasteiger partial charge on any atom is 0.196 e. The molecule has 0 saturated carbocycles. The molecular weight excluding hydrogens is 298 g/mol. The highest BCUT2D eigenvalue weighted by Gasteiger charge is 2.39. The van der Waals surface area contributed by atoms with E-state index in [-0.39, 0.29) is 11.6 Å². The number of carbonyl (C=O) groups is 2. The van der Waals surface area contributed by atoms with Gasteiger partial charge in [0, 0.05) is 28.9 Å². The third-order valence-corrected chi connectivity index (χ3v) is 5.03. The van der Waals surface area contributed by atoms with Gasteiger partial charge in [-0.15, -0.1) is 0 Å². The van der Waals surface area contributed by atoms with E-state index in [0.29, 0.717) is 23.1 Å². The van der Waals surface area contributed by atoms with Crippen LogP contribution in [0.4, 0.5) is 0 Å². The number of rotatable bonds is 1. The van der Waals surface area contributed by atoms with Gasteiger partial charge in [0.25, 0.3) is 0 Å². The molecule has 3 nitrogen and oxygen atoms in total. The first kappa shape index (κ1) is 13.5. The molecule has 2 aromatic carbocycles. The van der Waals surface area contributed by atoms with E-state index in [1.165, 1.54) is 0 Å². The van der Waals surface area contributed by atoms with Crippen molar-refractivity contribution in [2.45, 2.75) is 19.3 Å². The Labute approximate surface area is 139 Å². The second kappa shape index (κ2) is 4.78. The number of fused-ring (bicyclic) bond motifs is 5. The minimum Gasteiger partial charge on any atom is -0.312 e. The van der Waals surface area contributed by atoms with Crippen LogP contribution in [0.5, 0.6) is 0 Å². The number of Topliss-reactive ketones (excluding diaryl/α,β-unsaturated/α-hetero) is 1. The second-order valence-corrected chi connectivity index (χ2v) is 6.37. The lowest BCUT2D eigenvalue weighted by Crippen LogP contribution is -2.15. The van der Waals surface area contributed by atoms with Crippen molar-refractivity contribution < 1.29 is 9.59 Å². The SMILES string of the molecule is O=C1CCCc2c1c1c(n2-c2ccccc2)-c2ccccc2C1=O. The fraction of sp³-hybridized carbons (Fsp3) is 0.143. The first-order valence-electron chi connectivity index (χ1n) is 8.27. The Morgan fingerprint density at radius 1 is 0.750 bits per heavy atom. The lowest BCUT2D eigenvalue weighted by molar-refractivity contribution is 0.0959. The molecular formula is C21H15NO2. The normalized spacial score (nSPS) is 15.2. The molecule has 0 amide bonds. The largest absolute Gasteiger partial charge is 0.312 e. The summed E-state index contributed by atoms with van der Waals surface area (Å²) in [6.07, 6.45) is 2.21. The van der Waals surface area contributed by atoms with Crippen molar-refractivity contribution in [2.75, 3.05) is 0 Å². The zero-order chi connectivity index (χ0) is 16.3. The van der Waals surface area contributed by atoms with Crippen LogP contribution in [0, 0.1) is 0 Å². The molecule has 0 radical (unpaired) electrons. The lowest BCUT2D eigenvalue weighted by Gasteiger charge is -2.17. The molecule has 24 heavy (non-hydrogen) atoms. The van der Waals surface area contributed by atoms with E-state index >= 15 is 0 Å². The molecule has 0 N–H and O–H groups in total. The molecule has 5 rings (SSSR count). The molecule has 0 unspecified atom stereocenters. The van der Waals surface area contributed by atoms with Gasteiger partial charge in [0.05, 0.1) is 16.8 Å². The molecule has 3 aromatic rings. The van der Waals surface area contributed by atoms with Crippen molar-refractivity contribution >= 4 is 11.6 Å². The second-order valence-electron chi connectivity index (χ2n) is 6.37. The molecule has 3 heteroatoms. The van der Waals surface area contributed by atoms with Gasteiger partial charge in [0.1, 0.15) is 0 Å². The summed E-state index contributed by atoms with van der Waals surface area (Å²) >= 11 is 0. The predicted octanol–water partition coefficient (Wildman–Crippen LogP) is 4.21. The third kappa shape index (κ3) is 1.61. The lowest BCUT2D eigenvalue weighted by atomic mass is 9.92. The highest BCUT2D eigenvalue weighted by atomic mass is 16.1. The number of ketones is 2. The van der Waals surface area contributed by atoms with Gasteiger partial charge in [-0.25, -0.2) is 0 Å². The summed E-state index contributed by atoms with van der Waals surface area (Å²) < 4.78 is 2.13. The van der Waals surface area contributed by atoms with Crippen LogP contribution in [0.3, 0.4) is 0 Å². The summed E-state index contributed by atoms with van der Waals surface area (Å²) in [5, 5.41) is 0. The molecule has 0 atom stereocenters. The fourth-order valence-electron chi connectivity index (χ4n) is 4.06. The number of nitrogens with zero attached hydrogens (tertiary/aromatic N) is 1. The topological polar surface area (TPSA) is 39.1 Å². The molecule has 0 fully saturated rings. The summed E-state index contributed by atoms with van der Waals surface area (Å²) in [5.74, 6) is 0.0881. The van der Waals surface area contributed by atoms with Crippen molar-refractivity contribution in [3.8, 4) is 16.9 Å². The van der Waals surface area contributed by atoms with Gasteiger partial charge >= 0.3 is 0 Å². The van der Waals surface area contributed by atoms with Gasteiger partial charge in [-0.2, -0.15) is 0 Å². The van der Waals surface area contributed by atoms with Crippen molar-refractivity contribution in [2.24, 2.45) is 0 Å². The summed E-state index contributed by atoms with van der Waals surface area (Å²) in [6.45, 7) is 0. The van der Waals surface area contributed by atoms with Gasteiger partial charge < -0.3 is 4.57 Å². The Balaban J connectivity index is 1.94. The summed E-state index contributed by atoms with van der Waals surface area (Å²) in [7, 11) is 0. The molecule has 2 aliphatic carbocycles.